The number of nitro benzene ring substituents is 1. The van der Waals surface area contributed by atoms with Crippen molar-refractivity contribution in [1.82, 2.24) is 9.78 Å². The summed E-state index contributed by atoms with van der Waals surface area (Å²) in [6, 6.07) is 6.89. The first-order chi connectivity index (χ1) is 16.2. The standard InChI is InChI=1S/C21H16F3N3O7/c1-31-17-8-26(15-4-2-3-14(7-15)21(22,23)24)25-18(17)20(28)33-10-13-6-16(27(29)30)5-12-9-32-11-34-19(12)13/h2-8H,9-11H2,1H3. The third-order valence-corrected chi connectivity index (χ3v) is 4.87. The van der Waals surface area contributed by atoms with Crippen LogP contribution < -0.4 is 9.47 Å². The van der Waals surface area contributed by atoms with Gasteiger partial charge in [-0.1, -0.05) is 6.07 Å². The molecule has 1 aliphatic rings. The molecule has 0 radical (unpaired) electrons. The van der Waals surface area contributed by atoms with Crippen LogP contribution in [0.4, 0.5) is 18.9 Å². The zero-order valence-electron chi connectivity index (χ0n) is 17.5. The highest BCUT2D eigenvalue weighted by Gasteiger charge is 2.31. The summed E-state index contributed by atoms with van der Waals surface area (Å²) in [4.78, 5) is 23.3. The summed E-state index contributed by atoms with van der Waals surface area (Å²) in [5, 5.41) is 15.2. The van der Waals surface area contributed by atoms with Gasteiger partial charge in [-0.2, -0.15) is 18.3 Å². The van der Waals surface area contributed by atoms with E-state index in [1.165, 1.54) is 37.6 Å². The second kappa shape index (κ2) is 9.02. The van der Waals surface area contributed by atoms with Crippen molar-refractivity contribution >= 4 is 11.7 Å². The first kappa shape index (κ1) is 23.0. The number of aromatic nitrogens is 2. The SMILES string of the molecule is COc1cn(-c2cccc(C(F)(F)F)c2)nc1C(=O)OCc1cc([N+](=O)[O-])cc2c1OCOC2. The number of halogens is 3. The van der Waals surface area contributed by atoms with Gasteiger partial charge in [-0.25, -0.2) is 9.48 Å². The Balaban J connectivity index is 1.59. The van der Waals surface area contributed by atoms with Crippen molar-refractivity contribution < 1.29 is 41.8 Å². The number of nitro groups is 1. The van der Waals surface area contributed by atoms with Crippen LogP contribution in [-0.2, 0) is 28.9 Å². The maximum atomic E-state index is 13.0. The number of alkyl halides is 3. The Labute approximate surface area is 189 Å². The molecule has 2 heterocycles. The molecule has 4 rings (SSSR count). The molecule has 0 spiro atoms. The largest absolute Gasteiger partial charge is 0.493 e. The van der Waals surface area contributed by atoms with Gasteiger partial charge in [-0.05, 0) is 18.2 Å². The average molecular weight is 479 g/mol. The molecule has 0 atom stereocenters. The van der Waals surface area contributed by atoms with Crippen LogP contribution in [0, 0.1) is 10.1 Å². The summed E-state index contributed by atoms with van der Waals surface area (Å²) >= 11 is 0. The number of carbonyl (C=O) groups excluding carboxylic acids is 1. The van der Waals surface area contributed by atoms with Gasteiger partial charge in [-0.15, -0.1) is 0 Å². The topological polar surface area (TPSA) is 115 Å². The zero-order valence-corrected chi connectivity index (χ0v) is 17.5. The molecule has 0 unspecified atom stereocenters. The number of esters is 1. The molecule has 10 nitrogen and oxygen atoms in total. The maximum Gasteiger partial charge on any atom is 0.416 e. The number of rotatable bonds is 6. The zero-order chi connectivity index (χ0) is 24.5. The van der Waals surface area contributed by atoms with E-state index in [2.05, 4.69) is 5.10 Å². The average Bonchev–Trinajstić information content (AvgIpc) is 3.26. The number of ether oxygens (including phenoxy) is 4. The van der Waals surface area contributed by atoms with Crippen LogP contribution >= 0.6 is 0 Å². The van der Waals surface area contributed by atoms with Crippen LogP contribution in [0.3, 0.4) is 0 Å². The van der Waals surface area contributed by atoms with E-state index < -0.39 is 22.6 Å². The predicted octanol–water partition coefficient (Wildman–Crippen LogP) is 4.03. The molecule has 1 aromatic heterocycles. The molecule has 0 amide bonds. The van der Waals surface area contributed by atoms with E-state index in [1.807, 2.05) is 0 Å². The van der Waals surface area contributed by atoms with Gasteiger partial charge >= 0.3 is 12.1 Å². The summed E-state index contributed by atoms with van der Waals surface area (Å²) in [5.74, 6) is -0.672. The highest BCUT2D eigenvalue weighted by Crippen LogP contribution is 2.34. The van der Waals surface area contributed by atoms with Gasteiger partial charge in [0.1, 0.15) is 12.4 Å². The van der Waals surface area contributed by atoms with Crippen LogP contribution in [0.1, 0.15) is 27.2 Å². The van der Waals surface area contributed by atoms with Gasteiger partial charge < -0.3 is 18.9 Å². The van der Waals surface area contributed by atoms with Crippen molar-refractivity contribution in [3.05, 3.63) is 75.1 Å². The van der Waals surface area contributed by atoms with E-state index in [0.717, 1.165) is 16.8 Å². The van der Waals surface area contributed by atoms with Crippen LogP contribution in [-0.4, -0.2) is 34.6 Å². The van der Waals surface area contributed by atoms with Crippen LogP contribution in [0.5, 0.6) is 11.5 Å². The first-order valence-electron chi connectivity index (χ1n) is 9.66. The molecule has 178 valence electrons. The minimum Gasteiger partial charge on any atom is -0.493 e. The molecule has 1 aliphatic heterocycles. The first-order valence-corrected chi connectivity index (χ1v) is 9.66. The van der Waals surface area contributed by atoms with Crippen LogP contribution in [0.2, 0.25) is 0 Å². The van der Waals surface area contributed by atoms with Crippen molar-refractivity contribution in [3.63, 3.8) is 0 Å². The Morgan fingerprint density at radius 3 is 2.79 bits per heavy atom. The normalized spacial score (nSPS) is 13.1. The monoisotopic (exact) mass is 479 g/mol. The van der Waals surface area contributed by atoms with Gasteiger partial charge in [0.25, 0.3) is 5.69 Å². The maximum absolute atomic E-state index is 13.0. The molecule has 0 bridgehead atoms. The van der Waals surface area contributed by atoms with E-state index in [9.17, 15) is 28.1 Å². The predicted molar refractivity (Wildman–Crippen MR) is 108 cm³/mol. The molecule has 0 fully saturated rings. The highest BCUT2D eigenvalue weighted by molar-refractivity contribution is 5.90. The Bertz CT molecular complexity index is 1260. The Morgan fingerprint density at radius 2 is 2.09 bits per heavy atom. The number of hydrogen-bond donors (Lipinski definition) is 0. The lowest BCUT2D eigenvalue weighted by Gasteiger charge is -2.20. The molecule has 0 saturated heterocycles. The number of hydrogen-bond acceptors (Lipinski definition) is 8. The summed E-state index contributed by atoms with van der Waals surface area (Å²) in [6.45, 7) is -0.365. The van der Waals surface area contributed by atoms with Crippen molar-refractivity contribution in [2.24, 2.45) is 0 Å². The number of methoxy groups -OCH3 is 1. The van der Waals surface area contributed by atoms with Gasteiger partial charge in [-0.3, -0.25) is 10.1 Å². The van der Waals surface area contributed by atoms with Gasteiger partial charge in [0, 0.05) is 23.3 Å². The molecule has 0 aliphatic carbocycles. The fourth-order valence-corrected chi connectivity index (χ4v) is 3.31. The Morgan fingerprint density at radius 1 is 1.29 bits per heavy atom. The number of nitrogens with zero attached hydrogens (tertiary/aromatic N) is 3. The van der Waals surface area contributed by atoms with Crippen molar-refractivity contribution in [3.8, 4) is 17.2 Å². The molecule has 3 aromatic rings. The Kier molecular flexibility index (Phi) is 6.11. The highest BCUT2D eigenvalue weighted by atomic mass is 19.4. The van der Waals surface area contributed by atoms with E-state index in [4.69, 9.17) is 18.9 Å². The number of non-ortho nitro benzene ring substituents is 1. The molecule has 0 saturated carbocycles. The molecule has 2 aromatic carbocycles. The summed E-state index contributed by atoms with van der Waals surface area (Å²) in [7, 11) is 1.26. The van der Waals surface area contributed by atoms with Gasteiger partial charge in [0.2, 0.25) is 5.69 Å². The minimum absolute atomic E-state index is 0.0341. The van der Waals surface area contributed by atoms with Gasteiger partial charge in [0.15, 0.2) is 12.5 Å². The van der Waals surface area contributed by atoms with E-state index >= 15 is 0 Å². The third-order valence-electron chi connectivity index (χ3n) is 4.87. The quantitative estimate of drug-likeness (QED) is 0.296. The second-order valence-corrected chi connectivity index (χ2v) is 7.08. The van der Waals surface area contributed by atoms with Crippen molar-refractivity contribution in [1.29, 1.82) is 0 Å². The molecule has 34 heavy (non-hydrogen) atoms. The van der Waals surface area contributed by atoms with E-state index in [1.54, 1.807) is 0 Å². The molecular weight excluding hydrogens is 463 g/mol. The van der Waals surface area contributed by atoms with Crippen molar-refractivity contribution in [2.45, 2.75) is 19.4 Å². The van der Waals surface area contributed by atoms with Crippen LogP contribution in [0.25, 0.3) is 5.69 Å². The third kappa shape index (κ3) is 4.64. The summed E-state index contributed by atoms with van der Waals surface area (Å²) < 4.78 is 61.1. The summed E-state index contributed by atoms with van der Waals surface area (Å²) in [6.07, 6.45) is -3.32. The molecule has 13 heteroatoms. The van der Waals surface area contributed by atoms with Crippen molar-refractivity contribution in [2.75, 3.05) is 13.9 Å². The number of fused-ring (bicyclic) bond motifs is 1. The minimum atomic E-state index is -4.56. The van der Waals surface area contributed by atoms with Gasteiger partial charge in [0.05, 0.1) is 36.1 Å². The fourth-order valence-electron chi connectivity index (χ4n) is 3.31. The van der Waals surface area contributed by atoms with E-state index in [-0.39, 0.29) is 48.4 Å². The molecule has 0 N–H and O–H groups in total. The lowest BCUT2D eigenvalue weighted by atomic mass is 10.1. The van der Waals surface area contributed by atoms with E-state index in [0.29, 0.717) is 11.3 Å². The van der Waals surface area contributed by atoms with Crippen LogP contribution in [0.15, 0.2) is 42.6 Å². The molecular formula is C21H16F3N3O7. The lowest BCUT2D eigenvalue weighted by molar-refractivity contribution is -0.385. The smallest absolute Gasteiger partial charge is 0.416 e. The fraction of sp³-hybridized carbons (Fsp3) is 0.238. The summed E-state index contributed by atoms with van der Waals surface area (Å²) in [5.41, 5.74) is -0.680. The number of carbonyl (C=O) groups is 1. The lowest BCUT2D eigenvalue weighted by Crippen LogP contribution is -2.15. The number of benzene rings is 2. The second-order valence-electron chi connectivity index (χ2n) is 7.08. The Hall–Kier alpha value is -4.13.